The third-order valence-corrected chi connectivity index (χ3v) is 4.77. The molecule has 0 unspecified atom stereocenters. The SMILES string of the molecule is Cc1cc(-c2cccc(Cl)n2)nc2c(C(=O)N[C@@H](C)C3CC3)cnn12. The predicted octanol–water partition coefficient (Wildman–Crippen LogP) is 3.28. The number of halogens is 1. The van der Waals surface area contributed by atoms with Crippen LogP contribution in [0.4, 0.5) is 0 Å². The highest BCUT2D eigenvalue weighted by Crippen LogP contribution is 2.32. The zero-order valence-corrected chi connectivity index (χ0v) is 14.8. The molecular weight excluding hydrogens is 338 g/mol. The molecule has 0 spiro atoms. The number of carbonyl (C=O) groups is 1. The van der Waals surface area contributed by atoms with E-state index in [0.29, 0.717) is 33.7 Å². The summed E-state index contributed by atoms with van der Waals surface area (Å²) in [6, 6.07) is 7.43. The van der Waals surface area contributed by atoms with Crippen LogP contribution in [0.3, 0.4) is 0 Å². The van der Waals surface area contributed by atoms with Crippen molar-refractivity contribution in [3.05, 3.63) is 46.9 Å². The normalized spacial score (nSPS) is 15.3. The van der Waals surface area contributed by atoms with Crippen LogP contribution >= 0.6 is 11.6 Å². The molecule has 0 saturated heterocycles. The van der Waals surface area contributed by atoms with Crippen LogP contribution < -0.4 is 5.32 Å². The lowest BCUT2D eigenvalue weighted by atomic mass is 10.2. The van der Waals surface area contributed by atoms with Gasteiger partial charge in [0.1, 0.15) is 10.7 Å². The Hall–Kier alpha value is -2.47. The second-order valence-corrected chi connectivity index (χ2v) is 6.91. The number of carbonyl (C=O) groups excluding carboxylic acids is 1. The molecule has 4 rings (SSSR count). The van der Waals surface area contributed by atoms with Crippen LogP contribution in [0.15, 0.2) is 30.5 Å². The fraction of sp³-hybridized carbons (Fsp3) is 0.333. The molecular formula is C18H18ClN5O. The highest BCUT2D eigenvalue weighted by molar-refractivity contribution is 6.29. The summed E-state index contributed by atoms with van der Waals surface area (Å²) in [4.78, 5) is 21.6. The molecule has 128 valence electrons. The number of hydrogen-bond acceptors (Lipinski definition) is 4. The predicted molar refractivity (Wildman–Crippen MR) is 95.6 cm³/mol. The van der Waals surface area contributed by atoms with E-state index < -0.39 is 0 Å². The molecule has 1 saturated carbocycles. The summed E-state index contributed by atoms with van der Waals surface area (Å²) in [6.45, 7) is 3.96. The van der Waals surface area contributed by atoms with Crippen LogP contribution in [0.5, 0.6) is 0 Å². The molecule has 1 aliphatic rings. The van der Waals surface area contributed by atoms with Gasteiger partial charge in [-0.3, -0.25) is 4.79 Å². The van der Waals surface area contributed by atoms with E-state index in [1.165, 1.54) is 12.8 Å². The number of amides is 1. The first-order valence-electron chi connectivity index (χ1n) is 8.32. The Bertz CT molecular complexity index is 963. The van der Waals surface area contributed by atoms with Gasteiger partial charge in [0.15, 0.2) is 5.65 Å². The van der Waals surface area contributed by atoms with Crippen LogP contribution in [0.25, 0.3) is 17.0 Å². The molecule has 7 heteroatoms. The van der Waals surface area contributed by atoms with Crippen molar-refractivity contribution < 1.29 is 4.79 Å². The second-order valence-electron chi connectivity index (χ2n) is 6.52. The van der Waals surface area contributed by atoms with Crippen molar-refractivity contribution in [1.29, 1.82) is 0 Å². The highest BCUT2D eigenvalue weighted by atomic mass is 35.5. The first kappa shape index (κ1) is 16.0. The Balaban J connectivity index is 1.74. The molecule has 1 atom stereocenters. The molecule has 1 amide bonds. The summed E-state index contributed by atoms with van der Waals surface area (Å²) >= 11 is 5.99. The lowest BCUT2D eigenvalue weighted by Gasteiger charge is -2.12. The molecule has 6 nitrogen and oxygen atoms in total. The summed E-state index contributed by atoms with van der Waals surface area (Å²) in [5, 5.41) is 7.77. The quantitative estimate of drug-likeness (QED) is 0.729. The largest absolute Gasteiger partial charge is 0.349 e. The van der Waals surface area contributed by atoms with E-state index in [1.807, 2.05) is 32.0 Å². The van der Waals surface area contributed by atoms with Crippen molar-refractivity contribution in [2.75, 3.05) is 0 Å². The third kappa shape index (κ3) is 3.09. The number of hydrogen-bond donors (Lipinski definition) is 1. The van der Waals surface area contributed by atoms with Gasteiger partial charge in [0.2, 0.25) is 0 Å². The van der Waals surface area contributed by atoms with Gasteiger partial charge >= 0.3 is 0 Å². The van der Waals surface area contributed by atoms with E-state index in [2.05, 4.69) is 20.4 Å². The zero-order chi connectivity index (χ0) is 17.6. The average Bonchev–Trinajstić information content (AvgIpc) is 3.34. The van der Waals surface area contributed by atoms with E-state index >= 15 is 0 Å². The van der Waals surface area contributed by atoms with Gasteiger partial charge in [-0.1, -0.05) is 17.7 Å². The minimum atomic E-state index is -0.141. The first-order valence-corrected chi connectivity index (χ1v) is 8.70. The van der Waals surface area contributed by atoms with Gasteiger partial charge in [-0.15, -0.1) is 0 Å². The summed E-state index contributed by atoms with van der Waals surface area (Å²) < 4.78 is 1.67. The topological polar surface area (TPSA) is 72.2 Å². The lowest BCUT2D eigenvalue weighted by molar-refractivity contribution is 0.0937. The van der Waals surface area contributed by atoms with Gasteiger partial charge in [0, 0.05) is 11.7 Å². The number of nitrogens with zero attached hydrogens (tertiary/aromatic N) is 4. The molecule has 1 aliphatic carbocycles. The van der Waals surface area contributed by atoms with Crippen molar-refractivity contribution in [3.63, 3.8) is 0 Å². The molecule has 0 radical (unpaired) electrons. The first-order chi connectivity index (χ1) is 12.0. The Morgan fingerprint density at radius 1 is 1.32 bits per heavy atom. The monoisotopic (exact) mass is 355 g/mol. The van der Waals surface area contributed by atoms with Gasteiger partial charge in [-0.2, -0.15) is 5.10 Å². The van der Waals surface area contributed by atoms with Gasteiger partial charge in [0.05, 0.1) is 17.6 Å². The van der Waals surface area contributed by atoms with Crippen LogP contribution in [0.2, 0.25) is 5.15 Å². The Labute approximate surface area is 150 Å². The molecule has 0 aliphatic heterocycles. The Kier molecular flexibility index (Phi) is 3.92. The van der Waals surface area contributed by atoms with Crippen LogP contribution in [-0.4, -0.2) is 31.5 Å². The highest BCUT2D eigenvalue weighted by Gasteiger charge is 2.30. The van der Waals surface area contributed by atoms with E-state index in [0.717, 1.165) is 5.69 Å². The maximum atomic E-state index is 12.6. The smallest absolute Gasteiger partial charge is 0.256 e. The van der Waals surface area contributed by atoms with E-state index in [4.69, 9.17) is 11.6 Å². The third-order valence-electron chi connectivity index (χ3n) is 4.56. The van der Waals surface area contributed by atoms with Gasteiger partial charge < -0.3 is 5.32 Å². The molecule has 3 aromatic heterocycles. The molecule has 1 N–H and O–H groups in total. The summed E-state index contributed by atoms with van der Waals surface area (Å²) in [7, 11) is 0. The van der Waals surface area contributed by atoms with Crippen molar-refractivity contribution in [2.24, 2.45) is 5.92 Å². The molecule has 3 aromatic rings. The van der Waals surface area contributed by atoms with Crippen molar-refractivity contribution >= 4 is 23.2 Å². The van der Waals surface area contributed by atoms with E-state index in [9.17, 15) is 4.79 Å². The standard InChI is InChI=1S/C18H18ClN5O/c1-10-8-15(14-4-3-5-16(19)22-14)23-17-13(9-20-24(10)17)18(25)21-11(2)12-6-7-12/h3-5,8-9,11-12H,6-7H2,1-2H3,(H,21,25)/t11-/m0/s1. The number of nitrogens with one attached hydrogen (secondary N) is 1. The summed E-state index contributed by atoms with van der Waals surface area (Å²) in [6.07, 6.45) is 3.93. The van der Waals surface area contributed by atoms with Crippen molar-refractivity contribution in [3.8, 4) is 11.4 Å². The molecule has 25 heavy (non-hydrogen) atoms. The summed E-state index contributed by atoms with van der Waals surface area (Å²) in [5.74, 6) is 0.448. The number of aryl methyl sites for hydroxylation is 1. The Morgan fingerprint density at radius 3 is 2.84 bits per heavy atom. The van der Waals surface area contributed by atoms with Crippen molar-refractivity contribution in [2.45, 2.75) is 32.7 Å². The number of fused-ring (bicyclic) bond motifs is 1. The van der Waals surface area contributed by atoms with Gasteiger partial charge in [-0.25, -0.2) is 14.5 Å². The van der Waals surface area contributed by atoms with Gasteiger partial charge in [-0.05, 0) is 50.8 Å². The van der Waals surface area contributed by atoms with Crippen LogP contribution in [0.1, 0.15) is 35.8 Å². The van der Waals surface area contributed by atoms with Crippen LogP contribution in [0, 0.1) is 12.8 Å². The number of pyridine rings is 1. The fourth-order valence-electron chi connectivity index (χ4n) is 2.95. The minimum absolute atomic E-state index is 0.141. The van der Waals surface area contributed by atoms with Gasteiger partial charge in [0.25, 0.3) is 5.91 Å². The number of aromatic nitrogens is 4. The summed E-state index contributed by atoms with van der Waals surface area (Å²) in [5.41, 5.74) is 3.20. The number of rotatable bonds is 4. The fourth-order valence-corrected chi connectivity index (χ4v) is 3.12. The minimum Gasteiger partial charge on any atom is -0.349 e. The zero-order valence-electron chi connectivity index (χ0n) is 14.0. The average molecular weight is 356 g/mol. The maximum Gasteiger partial charge on any atom is 0.256 e. The molecule has 0 aromatic carbocycles. The second kappa shape index (κ2) is 6.11. The van der Waals surface area contributed by atoms with Crippen molar-refractivity contribution in [1.82, 2.24) is 24.9 Å². The molecule has 1 fully saturated rings. The molecule has 3 heterocycles. The lowest BCUT2D eigenvalue weighted by Crippen LogP contribution is -2.34. The maximum absolute atomic E-state index is 12.6. The van der Waals surface area contributed by atoms with Crippen LogP contribution in [-0.2, 0) is 0 Å². The van der Waals surface area contributed by atoms with E-state index in [1.54, 1.807) is 16.8 Å². The van der Waals surface area contributed by atoms with E-state index in [-0.39, 0.29) is 11.9 Å². The Morgan fingerprint density at radius 2 is 2.12 bits per heavy atom. The molecule has 0 bridgehead atoms.